The van der Waals surface area contributed by atoms with Crippen molar-refractivity contribution in [1.82, 2.24) is 0 Å². The Morgan fingerprint density at radius 2 is 2.27 bits per heavy atom. The molecular formula is C11H12BrFO2. The fourth-order valence-corrected chi connectivity index (χ4v) is 1.73. The fourth-order valence-electron chi connectivity index (χ4n) is 1.41. The number of halogens is 2. The van der Waals surface area contributed by atoms with Gasteiger partial charge >= 0.3 is 0 Å². The largest absolute Gasteiger partial charge is 0.493 e. The molecule has 0 amide bonds. The van der Waals surface area contributed by atoms with Crippen LogP contribution in [0.1, 0.15) is 24.8 Å². The lowest BCUT2D eigenvalue weighted by molar-refractivity contribution is -0.108. The summed E-state index contributed by atoms with van der Waals surface area (Å²) in [6.07, 6.45) is 1.18. The van der Waals surface area contributed by atoms with E-state index in [-0.39, 0.29) is 11.7 Å². The molecule has 0 aromatic heterocycles. The molecule has 1 atom stereocenters. The predicted octanol–water partition coefficient (Wildman–Crippen LogP) is 3.29. The molecule has 1 unspecified atom stereocenters. The number of hydrogen-bond acceptors (Lipinski definition) is 2. The van der Waals surface area contributed by atoms with Gasteiger partial charge in [-0.2, -0.15) is 0 Å². The van der Waals surface area contributed by atoms with Crippen LogP contribution >= 0.6 is 15.9 Å². The van der Waals surface area contributed by atoms with Crippen LogP contribution in [0.4, 0.5) is 4.39 Å². The van der Waals surface area contributed by atoms with Gasteiger partial charge in [0, 0.05) is 12.0 Å². The Morgan fingerprint density at radius 1 is 1.60 bits per heavy atom. The number of ether oxygens (including phenoxy) is 1. The highest BCUT2D eigenvalue weighted by molar-refractivity contribution is 9.10. The molecule has 1 aromatic carbocycles. The van der Waals surface area contributed by atoms with E-state index in [1.54, 1.807) is 12.1 Å². The van der Waals surface area contributed by atoms with Crippen LogP contribution in [0.3, 0.4) is 0 Å². The molecule has 1 rings (SSSR count). The molecule has 0 fully saturated rings. The van der Waals surface area contributed by atoms with Gasteiger partial charge < -0.3 is 9.53 Å². The zero-order valence-corrected chi connectivity index (χ0v) is 10.2. The molecule has 1 aromatic rings. The molecule has 0 aliphatic heterocycles. The molecule has 0 saturated heterocycles. The van der Waals surface area contributed by atoms with Crippen molar-refractivity contribution in [1.29, 1.82) is 0 Å². The van der Waals surface area contributed by atoms with Crippen LogP contribution in [0.5, 0.6) is 5.75 Å². The number of aldehydes is 1. The number of hydrogen-bond donors (Lipinski definition) is 0. The van der Waals surface area contributed by atoms with Crippen molar-refractivity contribution in [2.75, 3.05) is 7.11 Å². The van der Waals surface area contributed by atoms with Gasteiger partial charge in [-0.15, -0.1) is 0 Å². The number of benzene rings is 1. The van der Waals surface area contributed by atoms with E-state index in [4.69, 9.17) is 4.74 Å². The van der Waals surface area contributed by atoms with Crippen molar-refractivity contribution in [3.8, 4) is 5.75 Å². The van der Waals surface area contributed by atoms with Crippen molar-refractivity contribution >= 4 is 22.2 Å². The second-order valence-electron chi connectivity index (χ2n) is 3.29. The average molecular weight is 275 g/mol. The first-order valence-electron chi connectivity index (χ1n) is 4.57. The molecule has 2 nitrogen and oxygen atoms in total. The smallest absolute Gasteiger partial charge is 0.179 e. The lowest BCUT2D eigenvalue weighted by Crippen LogP contribution is -2.01. The molecule has 15 heavy (non-hydrogen) atoms. The minimum Gasteiger partial charge on any atom is -0.493 e. The molecule has 0 bridgehead atoms. The van der Waals surface area contributed by atoms with Gasteiger partial charge in [0.15, 0.2) is 11.6 Å². The highest BCUT2D eigenvalue weighted by Crippen LogP contribution is 2.34. The maximum atomic E-state index is 13.6. The Balaban J connectivity index is 3.17. The summed E-state index contributed by atoms with van der Waals surface area (Å²) in [5.41, 5.74) is 0.713. The summed E-state index contributed by atoms with van der Waals surface area (Å²) >= 11 is 3.08. The Labute approximate surface area is 96.6 Å². The van der Waals surface area contributed by atoms with Crippen LogP contribution in [0.2, 0.25) is 0 Å². The maximum Gasteiger partial charge on any atom is 0.179 e. The molecule has 4 heteroatoms. The minimum atomic E-state index is -0.423. The van der Waals surface area contributed by atoms with Gasteiger partial charge in [0.05, 0.1) is 11.6 Å². The van der Waals surface area contributed by atoms with Crippen molar-refractivity contribution < 1.29 is 13.9 Å². The molecule has 0 aliphatic carbocycles. The second-order valence-corrected chi connectivity index (χ2v) is 4.14. The van der Waals surface area contributed by atoms with Gasteiger partial charge in [-0.25, -0.2) is 4.39 Å². The summed E-state index contributed by atoms with van der Waals surface area (Å²) < 4.78 is 19.0. The Morgan fingerprint density at radius 3 is 2.80 bits per heavy atom. The zero-order chi connectivity index (χ0) is 11.4. The SMILES string of the molecule is COc1c(C(C)CC=O)ccc(Br)c1F. The van der Waals surface area contributed by atoms with Crippen molar-refractivity contribution in [2.45, 2.75) is 19.3 Å². The Hall–Kier alpha value is -0.900. The van der Waals surface area contributed by atoms with E-state index in [1.807, 2.05) is 6.92 Å². The molecule has 82 valence electrons. The summed E-state index contributed by atoms with van der Waals surface area (Å²) in [5.74, 6) is -0.258. The van der Waals surface area contributed by atoms with Crippen LogP contribution < -0.4 is 4.74 Å². The maximum absolute atomic E-state index is 13.6. The van der Waals surface area contributed by atoms with Crippen molar-refractivity contribution in [2.24, 2.45) is 0 Å². The minimum absolute atomic E-state index is 0.0416. The van der Waals surface area contributed by atoms with Crippen molar-refractivity contribution in [3.63, 3.8) is 0 Å². The quantitative estimate of drug-likeness (QED) is 0.788. The molecule has 0 saturated carbocycles. The normalized spacial score (nSPS) is 12.3. The third-order valence-corrected chi connectivity index (χ3v) is 2.88. The van der Waals surface area contributed by atoms with Gasteiger partial charge in [0.1, 0.15) is 6.29 Å². The average Bonchev–Trinajstić information content (AvgIpc) is 2.22. The first-order valence-corrected chi connectivity index (χ1v) is 5.36. The number of carbonyl (C=O) groups excluding carboxylic acids is 1. The Bertz CT molecular complexity index is 366. The summed E-state index contributed by atoms with van der Waals surface area (Å²) in [6.45, 7) is 1.86. The van der Waals surface area contributed by atoms with E-state index in [0.29, 0.717) is 16.5 Å². The third-order valence-electron chi connectivity index (χ3n) is 2.27. The monoisotopic (exact) mass is 274 g/mol. The molecule has 0 radical (unpaired) electrons. The lowest BCUT2D eigenvalue weighted by Gasteiger charge is -2.14. The van der Waals surface area contributed by atoms with E-state index in [2.05, 4.69) is 15.9 Å². The highest BCUT2D eigenvalue weighted by atomic mass is 79.9. The van der Waals surface area contributed by atoms with Crippen LogP contribution in [0.25, 0.3) is 0 Å². The molecule has 0 aliphatic rings. The van der Waals surface area contributed by atoms with E-state index in [9.17, 15) is 9.18 Å². The van der Waals surface area contributed by atoms with Gasteiger partial charge in [-0.3, -0.25) is 0 Å². The Kier molecular flexibility index (Phi) is 4.27. The van der Waals surface area contributed by atoms with Crippen LogP contribution in [-0.2, 0) is 4.79 Å². The zero-order valence-electron chi connectivity index (χ0n) is 8.59. The standard InChI is InChI=1S/C11H12BrFO2/c1-7(5-6-14)8-3-4-9(12)10(13)11(8)15-2/h3-4,6-7H,5H2,1-2H3. The lowest BCUT2D eigenvalue weighted by atomic mass is 9.97. The second kappa shape index (κ2) is 5.26. The topological polar surface area (TPSA) is 26.3 Å². The molecular weight excluding hydrogens is 263 g/mol. The molecule has 0 heterocycles. The number of methoxy groups -OCH3 is 1. The van der Waals surface area contributed by atoms with Gasteiger partial charge in [-0.05, 0) is 27.9 Å². The third kappa shape index (κ3) is 2.56. The van der Waals surface area contributed by atoms with E-state index >= 15 is 0 Å². The van der Waals surface area contributed by atoms with Gasteiger partial charge in [0.25, 0.3) is 0 Å². The first kappa shape index (κ1) is 12.2. The summed E-state index contributed by atoms with van der Waals surface area (Å²) in [4.78, 5) is 10.4. The van der Waals surface area contributed by atoms with Crippen LogP contribution in [0.15, 0.2) is 16.6 Å². The summed E-state index contributed by atoms with van der Waals surface area (Å²) in [5, 5.41) is 0. The highest BCUT2D eigenvalue weighted by Gasteiger charge is 2.16. The van der Waals surface area contributed by atoms with Crippen LogP contribution in [-0.4, -0.2) is 13.4 Å². The number of rotatable bonds is 4. The summed E-state index contributed by atoms with van der Waals surface area (Å²) in [7, 11) is 1.42. The molecule has 0 spiro atoms. The van der Waals surface area contributed by atoms with Crippen LogP contribution in [0, 0.1) is 5.82 Å². The first-order chi connectivity index (χ1) is 7.11. The number of carbonyl (C=O) groups is 1. The molecule has 0 N–H and O–H groups in total. The fraction of sp³-hybridized carbons (Fsp3) is 0.364. The van der Waals surface area contributed by atoms with Gasteiger partial charge in [0.2, 0.25) is 0 Å². The van der Waals surface area contributed by atoms with Gasteiger partial charge in [-0.1, -0.05) is 13.0 Å². The van der Waals surface area contributed by atoms with E-state index in [0.717, 1.165) is 6.29 Å². The predicted molar refractivity (Wildman–Crippen MR) is 59.7 cm³/mol. The summed E-state index contributed by atoms with van der Waals surface area (Å²) in [6, 6.07) is 3.38. The van der Waals surface area contributed by atoms with Crippen molar-refractivity contribution in [3.05, 3.63) is 28.0 Å². The van der Waals surface area contributed by atoms with E-state index < -0.39 is 5.82 Å². The van der Waals surface area contributed by atoms with E-state index in [1.165, 1.54) is 7.11 Å².